The summed E-state index contributed by atoms with van der Waals surface area (Å²) in [7, 11) is 1.90. The minimum absolute atomic E-state index is 0.421. The summed E-state index contributed by atoms with van der Waals surface area (Å²) >= 11 is 9.40. The van der Waals surface area contributed by atoms with Crippen LogP contribution in [0, 0.1) is 0 Å². The maximum atomic E-state index is 6.03. The van der Waals surface area contributed by atoms with Gasteiger partial charge in [-0.3, -0.25) is 0 Å². The van der Waals surface area contributed by atoms with Crippen molar-refractivity contribution >= 4 is 27.5 Å². The molecule has 0 aromatic carbocycles. The van der Waals surface area contributed by atoms with Gasteiger partial charge in [-0.05, 0) is 22.4 Å². The quantitative estimate of drug-likeness (QED) is 0.801. The second-order valence-electron chi connectivity index (χ2n) is 3.31. The first kappa shape index (κ1) is 11.5. The third kappa shape index (κ3) is 1.97. The lowest BCUT2D eigenvalue weighted by atomic mass is 10.3. The van der Waals surface area contributed by atoms with Gasteiger partial charge in [-0.15, -0.1) is 0 Å². The summed E-state index contributed by atoms with van der Waals surface area (Å²) in [5.74, 6) is 1.27. The molecule has 0 bridgehead atoms. The van der Waals surface area contributed by atoms with Crippen molar-refractivity contribution < 1.29 is 0 Å². The van der Waals surface area contributed by atoms with E-state index < -0.39 is 0 Å². The maximum Gasteiger partial charge on any atom is 0.197 e. The van der Waals surface area contributed by atoms with Crippen LogP contribution in [0.1, 0.15) is 12.6 Å². The Kier molecular flexibility index (Phi) is 3.25. The van der Waals surface area contributed by atoms with Crippen molar-refractivity contribution in [3.05, 3.63) is 27.7 Å². The molecule has 0 spiro atoms. The fourth-order valence-electron chi connectivity index (χ4n) is 1.38. The fraction of sp³-hybridized carbons (Fsp3) is 0.300. The Labute approximate surface area is 107 Å². The highest BCUT2D eigenvalue weighted by Crippen LogP contribution is 2.26. The minimum atomic E-state index is 0.421. The zero-order chi connectivity index (χ0) is 11.7. The molecule has 0 aliphatic rings. The second kappa shape index (κ2) is 4.51. The number of hydrogen-bond acceptors (Lipinski definition) is 3. The molecule has 2 aromatic heterocycles. The Morgan fingerprint density at radius 2 is 2.19 bits per heavy atom. The molecule has 16 heavy (non-hydrogen) atoms. The topological polar surface area (TPSA) is 43.6 Å². The number of rotatable bonds is 2. The van der Waals surface area contributed by atoms with E-state index in [1.165, 1.54) is 0 Å². The largest absolute Gasteiger partial charge is 0.331 e. The van der Waals surface area contributed by atoms with Gasteiger partial charge in [0.25, 0.3) is 0 Å². The third-order valence-corrected chi connectivity index (χ3v) is 3.57. The van der Waals surface area contributed by atoms with E-state index in [9.17, 15) is 0 Å². The van der Waals surface area contributed by atoms with Crippen molar-refractivity contribution in [3.63, 3.8) is 0 Å². The first-order chi connectivity index (χ1) is 7.63. The fourth-order valence-corrected chi connectivity index (χ4v) is 2.03. The van der Waals surface area contributed by atoms with Crippen molar-refractivity contribution in [3.8, 4) is 11.6 Å². The molecule has 84 valence electrons. The maximum absolute atomic E-state index is 6.03. The van der Waals surface area contributed by atoms with Crippen LogP contribution in [0.2, 0.25) is 5.15 Å². The highest BCUT2D eigenvalue weighted by atomic mass is 79.9. The molecule has 0 atom stereocenters. The van der Waals surface area contributed by atoms with E-state index in [0.29, 0.717) is 16.8 Å². The van der Waals surface area contributed by atoms with Gasteiger partial charge in [-0.2, -0.15) is 0 Å². The third-order valence-electron chi connectivity index (χ3n) is 2.24. The smallest absolute Gasteiger partial charge is 0.197 e. The molecular weight excluding hydrogens is 291 g/mol. The predicted molar refractivity (Wildman–Crippen MR) is 66.3 cm³/mol. The highest BCUT2D eigenvalue weighted by molar-refractivity contribution is 9.10. The summed E-state index contributed by atoms with van der Waals surface area (Å²) in [6, 6.07) is 0. The van der Waals surface area contributed by atoms with Gasteiger partial charge in [0, 0.05) is 19.4 Å². The van der Waals surface area contributed by atoms with Crippen LogP contribution in [0.15, 0.2) is 16.9 Å². The SMILES string of the molecule is CCc1nc(-c2nccn2C)nc(Cl)c1Br. The molecule has 0 radical (unpaired) electrons. The standard InChI is InChI=1S/C10H10BrClN4/c1-3-6-7(11)8(12)15-9(14-6)10-13-4-5-16(10)2/h4-5H,3H2,1-2H3. The van der Waals surface area contributed by atoms with Gasteiger partial charge in [-0.25, -0.2) is 15.0 Å². The normalized spacial score (nSPS) is 10.8. The summed E-state index contributed by atoms with van der Waals surface area (Å²) in [6.45, 7) is 2.02. The van der Waals surface area contributed by atoms with Crippen molar-refractivity contribution in [1.82, 2.24) is 19.5 Å². The van der Waals surface area contributed by atoms with E-state index in [-0.39, 0.29) is 0 Å². The lowest BCUT2D eigenvalue weighted by Gasteiger charge is -2.06. The van der Waals surface area contributed by atoms with Crippen LogP contribution in [-0.4, -0.2) is 19.5 Å². The van der Waals surface area contributed by atoms with Crippen LogP contribution < -0.4 is 0 Å². The Morgan fingerprint density at radius 3 is 2.75 bits per heavy atom. The zero-order valence-electron chi connectivity index (χ0n) is 8.91. The van der Waals surface area contributed by atoms with E-state index >= 15 is 0 Å². The lowest BCUT2D eigenvalue weighted by molar-refractivity contribution is 0.893. The number of hydrogen-bond donors (Lipinski definition) is 0. The summed E-state index contributed by atoms with van der Waals surface area (Å²) in [4.78, 5) is 12.8. The average molecular weight is 302 g/mol. The highest BCUT2D eigenvalue weighted by Gasteiger charge is 2.13. The molecule has 0 fully saturated rings. The monoisotopic (exact) mass is 300 g/mol. The van der Waals surface area contributed by atoms with Gasteiger partial charge < -0.3 is 4.57 Å². The van der Waals surface area contributed by atoms with E-state index in [2.05, 4.69) is 30.9 Å². The van der Waals surface area contributed by atoms with E-state index in [1.54, 1.807) is 6.20 Å². The number of aromatic nitrogens is 4. The van der Waals surface area contributed by atoms with E-state index in [1.807, 2.05) is 24.7 Å². The van der Waals surface area contributed by atoms with Crippen molar-refractivity contribution in [1.29, 1.82) is 0 Å². The van der Waals surface area contributed by atoms with E-state index in [0.717, 1.165) is 16.6 Å². The second-order valence-corrected chi connectivity index (χ2v) is 4.47. The van der Waals surface area contributed by atoms with Gasteiger partial charge in [0.05, 0.1) is 10.2 Å². The van der Waals surface area contributed by atoms with Gasteiger partial charge in [-0.1, -0.05) is 18.5 Å². The Balaban J connectivity index is 2.59. The molecule has 0 aliphatic heterocycles. The van der Waals surface area contributed by atoms with Crippen LogP contribution in [0.3, 0.4) is 0 Å². The van der Waals surface area contributed by atoms with Crippen LogP contribution in [0.5, 0.6) is 0 Å². The predicted octanol–water partition coefficient (Wildman–Crippen LogP) is 2.86. The number of imidazole rings is 1. The molecular formula is C10H10BrClN4. The van der Waals surface area contributed by atoms with Crippen molar-refractivity contribution in [2.75, 3.05) is 0 Å². The van der Waals surface area contributed by atoms with Crippen LogP contribution >= 0.6 is 27.5 Å². The minimum Gasteiger partial charge on any atom is -0.331 e. The number of nitrogens with zero attached hydrogens (tertiary/aromatic N) is 4. The molecule has 0 amide bonds. The van der Waals surface area contributed by atoms with Crippen LogP contribution in [0.4, 0.5) is 0 Å². The van der Waals surface area contributed by atoms with Crippen LogP contribution in [-0.2, 0) is 13.5 Å². The summed E-state index contributed by atoms with van der Waals surface area (Å²) in [6.07, 6.45) is 4.35. The van der Waals surface area contributed by atoms with Gasteiger partial charge >= 0.3 is 0 Å². The summed E-state index contributed by atoms with van der Waals surface area (Å²) < 4.78 is 2.62. The molecule has 2 heterocycles. The Hall–Kier alpha value is -0.940. The summed E-state index contributed by atoms with van der Waals surface area (Å²) in [5.41, 5.74) is 0.887. The Morgan fingerprint density at radius 1 is 1.44 bits per heavy atom. The number of halogens is 2. The van der Waals surface area contributed by atoms with Gasteiger partial charge in [0.15, 0.2) is 11.6 Å². The number of aryl methyl sites for hydroxylation is 2. The zero-order valence-corrected chi connectivity index (χ0v) is 11.2. The molecule has 2 rings (SSSR count). The summed E-state index contributed by atoms with van der Waals surface area (Å²) in [5, 5.41) is 0.421. The molecule has 0 saturated carbocycles. The van der Waals surface area contributed by atoms with Crippen LogP contribution in [0.25, 0.3) is 11.6 Å². The molecule has 2 aromatic rings. The molecule has 0 aliphatic carbocycles. The van der Waals surface area contributed by atoms with Crippen molar-refractivity contribution in [2.45, 2.75) is 13.3 Å². The molecule has 0 N–H and O–H groups in total. The van der Waals surface area contributed by atoms with E-state index in [4.69, 9.17) is 11.6 Å². The first-order valence-electron chi connectivity index (χ1n) is 4.83. The average Bonchev–Trinajstić information content (AvgIpc) is 2.68. The Bertz CT molecular complexity index is 524. The lowest BCUT2D eigenvalue weighted by Crippen LogP contribution is -2.01. The first-order valence-corrected chi connectivity index (χ1v) is 6.00. The molecule has 0 unspecified atom stereocenters. The van der Waals surface area contributed by atoms with Crippen molar-refractivity contribution in [2.24, 2.45) is 7.05 Å². The van der Waals surface area contributed by atoms with Gasteiger partial charge in [0.2, 0.25) is 0 Å². The molecule has 6 heteroatoms. The molecule has 4 nitrogen and oxygen atoms in total. The molecule has 0 saturated heterocycles. The van der Waals surface area contributed by atoms with Gasteiger partial charge in [0.1, 0.15) is 5.15 Å².